The Bertz CT molecular complexity index is 622. The molecule has 0 radical (unpaired) electrons. The van der Waals surface area contributed by atoms with Crippen LogP contribution in [0.1, 0.15) is 42.3 Å². The highest BCUT2D eigenvalue weighted by atomic mass is 16.4. The maximum absolute atomic E-state index is 11.6. The van der Waals surface area contributed by atoms with Crippen LogP contribution in [-0.4, -0.2) is 33.5 Å². The van der Waals surface area contributed by atoms with Crippen molar-refractivity contribution in [2.24, 2.45) is 0 Å². The molecule has 0 aliphatic carbocycles. The summed E-state index contributed by atoms with van der Waals surface area (Å²) in [5, 5.41) is 9.55. The Labute approximate surface area is 129 Å². The van der Waals surface area contributed by atoms with Crippen LogP contribution >= 0.6 is 0 Å². The molecular weight excluding hydrogens is 280 g/mol. The van der Waals surface area contributed by atoms with E-state index in [4.69, 9.17) is 4.42 Å². The van der Waals surface area contributed by atoms with E-state index >= 15 is 0 Å². The molecule has 3 rings (SSSR count). The van der Waals surface area contributed by atoms with E-state index in [1.807, 2.05) is 42.3 Å². The average molecular weight is 300 g/mol. The second-order valence-corrected chi connectivity index (χ2v) is 5.77. The van der Waals surface area contributed by atoms with Crippen LogP contribution in [0.15, 0.2) is 41.1 Å². The van der Waals surface area contributed by atoms with Gasteiger partial charge in [-0.05, 0) is 43.5 Å². The van der Waals surface area contributed by atoms with Gasteiger partial charge >= 0.3 is 5.97 Å². The minimum Gasteiger partial charge on any atom is -0.480 e. The Kier molecular flexibility index (Phi) is 4.24. The molecule has 116 valence electrons. The normalized spacial score (nSPS) is 20.7. The first kappa shape index (κ1) is 14.8. The molecule has 5 nitrogen and oxygen atoms in total. The summed E-state index contributed by atoms with van der Waals surface area (Å²) in [6, 6.07) is 6.92. The zero-order chi connectivity index (χ0) is 15.5. The minimum absolute atomic E-state index is 0.253. The van der Waals surface area contributed by atoms with E-state index in [0.29, 0.717) is 6.42 Å². The van der Waals surface area contributed by atoms with Crippen LogP contribution < -0.4 is 0 Å². The molecule has 1 N–H and O–H groups in total. The number of piperidine rings is 1. The lowest BCUT2D eigenvalue weighted by Crippen LogP contribution is -2.47. The number of rotatable bonds is 4. The zero-order valence-corrected chi connectivity index (χ0v) is 12.6. The number of hydrogen-bond donors (Lipinski definition) is 1. The van der Waals surface area contributed by atoms with Crippen LogP contribution in [0.2, 0.25) is 0 Å². The van der Waals surface area contributed by atoms with Gasteiger partial charge in [-0.15, -0.1) is 0 Å². The largest absolute Gasteiger partial charge is 0.480 e. The van der Waals surface area contributed by atoms with Crippen LogP contribution in [0.5, 0.6) is 0 Å². The fourth-order valence-corrected chi connectivity index (χ4v) is 3.10. The molecule has 1 aliphatic heterocycles. The number of hydrogen-bond acceptors (Lipinski definition) is 4. The molecule has 22 heavy (non-hydrogen) atoms. The highest BCUT2D eigenvalue weighted by Gasteiger charge is 2.36. The van der Waals surface area contributed by atoms with Gasteiger partial charge in [-0.25, -0.2) is 0 Å². The van der Waals surface area contributed by atoms with Crippen molar-refractivity contribution in [1.29, 1.82) is 0 Å². The summed E-state index contributed by atoms with van der Waals surface area (Å²) < 4.78 is 5.59. The van der Waals surface area contributed by atoms with Gasteiger partial charge in [0.15, 0.2) is 0 Å². The molecule has 0 spiro atoms. The molecule has 1 fully saturated rings. The molecule has 2 unspecified atom stereocenters. The smallest absolute Gasteiger partial charge is 0.320 e. The van der Waals surface area contributed by atoms with E-state index < -0.39 is 12.0 Å². The van der Waals surface area contributed by atoms with Gasteiger partial charge in [0.2, 0.25) is 0 Å². The lowest BCUT2D eigenvalue weighted by Gasteiger charge is -2.37. The molecule has 2 aromatic rings. The number of aliphatic carboxylic acids is 1. The first-order valence-corrected chi connectivity index (χ1v) is 7.61. The Morgan fingerprint density at radius 1 is 1.41 bits per heavy atom. The molecule has 2 atom stereocenters. The summed E-state index contributed by atoms with van der Waals surface area (Å²) in [5.74, 6) is -0.0344. The average Bonchev–Trinajstić information content (AvgIpc) is 3.04. The van der Waals surface area contributed by atoms with Crippen molar-refractivity contribution in [2.45, 2.75) is 38.3 Å². The Morgan fingerprint density at radius 3 is 2.91 bits per heavy atom. The van der Waals surface area contributed by atoms with Crippen LogP contribution in [0, 0.1) is 6.92 Å². The topological polar surface area (TPSA) is 66.6 Å². The number of carbonyl (C=O) groups is 1. The van der Waals surface area contributed by atoms with Gasteiger partial charge < -0.3 is 9.52 Å². The first-order valence-electron chi connectivity index (χ1n) is 7.61. The van der Waals surface area contributed by atoms with Gasteiger partial charge in [-0.1, -0.05) is 12.5 Å². The number of carboxylic acids is 1. The highest BCUT2D eigenvalue weighted by molar-refractivity contribution is 5.73. The van der Waals surface area contributed by atoms with Crippen LogP contribution in [0.25, 0.3) is 0 Å². The number of furan rings is 1. The van der Waals surface area contributed by atoms with Crippen molar-refractivity contribution >= 4 is 5.97 Å². The van der Waals surface area contributed by atoms with Gasteiger partial charge in [0.25, 0.3) is 0 Å². The monoisotopic (exact) mass is 300 g/mol. The number of likely N-dealkylation sites (tertiary alicyclic amines) is 1. The highest BCUT2D eigenvalue weighted by Crippen LogP contribution is 2.33. The molecular formula is C17H20N2O3. The number of pyridine rings is 1. The molecule has 5 heteroatoms. The summed E-state index contributed by atoms with van der Waals surface area (Å²) in [4.78, 5) is 18.1. The second-order valence-electron chi connectivity index (χ2n) is 5.77. The summed E-state index contributed by atoms with van der Waals surface area (Å²) in [7, 11) is 0. The van der Waals surface area contributed by atoms with E-state index in [1.54, 1.807) is 6.26 Å². The van der Waals surface area contributed by atoms with Gasteiger partial charge in [-0.2, -0.15) is 0 Å². The van der Waals surface area contributed by atoms with Crippen molar-refractivity contribution in [1.82, 2.24) is 9.88 Å². The molecule has 0 saturated carbocycles. The fraction of sp³-hybridized carbons (Fsp3) is 0.412. The molecule has 0 bridgehead atoms. The predicted octanol–water partition coefficient (Wildman–Crippen LogP) is 3.01. The maximum atomic E-state index is 11.6. The van der Waals surface area contributed by atoms with Gasteiger partial charge in [0, 0.05) is 12.7 Å². The number of carboxylic acid groups (broad SMARTS) is 1. The maximum Gasteiger partial charge on any atom is 0.320 e. The van der Waals surface area contributed by atoms with Crippen molar-refractivity contribution < 1.29 is 14.3 Å². The Morgan fingerprint density at radius 2 is 2.27 bits per heavy atom. The summed E-state index contributed by atoms with van der Waals surface area (Å²) >= 11 is 0. The van der Waals surface area contributed by atoms with Gasteiger partial charge in [-0.3, -0.25) is 14.7 Å². The third-order valence-corrected chi connectivity index (χ3v) is 4.19. The third-order valence-electron chi connectivity index (χ3n) is 4.19. The number of nitrogens with zero attached hydrogens (tertiary/aromatic N) is 2. The molecule has 3 heterocycles. The predicted molar refractivity (Wildman–Crippen MR) is 81.5 cm³/mol. The molecule has 2 aromatic heterocycles. The minimum atomic E-state index is -0.775. The van der Waals surface area contributed by atoms with Gasteiger partial charge in [0.1, 0.15) is 17.8 Å². The standard InChI is InChI=1S/C17H20N2O3/c1-12-7-8-13(18-11-12)16(15-6-4-10-22-15)19-9-3-2-5-14(19)17(20)21/h4,6-8,10-11,14,16H,2-3,5,9H2,1H3,(H,20,21). The summed E-state index contributed by atoms with van der Waals surface area (Å²) in [6.07, 6.45) is 6.03. The second kappa shape index (κ2) is 6.32. The van der Waals surface area contributed by atoms with Crippen molar-refractivity contribution in [3.8, 4) is 0 Å². The molecule has 0 amide bonds. The van der Waals surface area contributed by atoms with Crippen LogP contribution in [0.4, 0.5) is 0 Å². The SMILES string of the molecule is Cc1ccc(C(c2ccco2)N2CCCCC2C(=O)O)nc1. The van der Waals surface area contributed by atoms with Gasteiger partial charge in [0.05, 0.1) is 12.0 Å². The zero-order valence-electron chi connectivity index (χ0n) is 12.6. The van der Waals surface area contributed by atoms with Crippen molar-refractivity contribution in [2.75, 3.05) is 6.54 Å². The summed E-state index contributed by atoms with van der Waals surface area (Å²) in [5.41, 5.74) is 1.91. The molecule has 0 aromatic carbocycles. The number of aromatic nitrogens is 1. The lowest BCUT2D eigenvalue weighted by atomic mass is 9.97. The Balaban J connectivity index is 2.01. The van der Waals surface area contributed by atoms with E-state index in [2.05, 4.69) is 4.98 Å². The van der Waals surface area contributed by atoms with Crippen molar-refractivity contribution in [3.63, 3.8) is 0 Å². The van der Waals surface area contributed by atoms with Crippen LogP contribution in [0.3, 0.4) is 0 Å². The lowest BCUT2D eigenvalue weighted by molar-refractivity contribution is -0.145. The van der Waals surface area contributed by atoms with E-state index in [-0.39, 0.29) is 6.04 Å². The van der Waals surface area contributed by atoms with E-state index in [0.717, 1.165) is 36.4 Å². The Hall–Kier alpha value is -2.14. The quantitative estimate of drug-likeness (QED) is 0.940. The van der Waals surface area contributed by atoms with E-state index in [1.165, 1.54) is 0 Å². The van der Waals surface area contributed by atoms with Crippen LogP contribution in [-0.2, 0) is 4.79 Å². The van der Waals surface area contributed by atoms with E-state index in [9.17, 15) is 9.90 Å². The molecule has 1 aliphatic rings. The van der Waals surface area contributed by atoms with Crippen molar-refractivity contribution in [3.05, 3.63) is 53.7 Å². The fourth-order valence-electron chi connectivity index (χ4n) is 3.10. The first-order chi connectivity index (χ1) is 10.7. The summed E-state index contributed by atoms with van der Waals surface area (Å²) in [6.45, 7) is 2.72. The third kappa shape index (κ3) is 2.90. The number of aryl methyl sites for hydroxylation is 1. The molecule has 1 saturated heterocycles.